The Kier molecular flexibility index (Phi) is 5.43. The number of carbonyl (C=O) groups excluding carboxylic acids is 1. The summed E-state index contributed by atoms with van der Waals surface area (Å²) in [6.45, 7) is 4.49. The van der Waals surface area contributed by atoms with Crippen LogP contribution in [-0.2, 0) is 27.8 Å². The summed E-state index contributed by atoms with van der Waals surface area (Å²) in [7, 11) is 1.63. The minimum Gasteiger partial charge on any atom is -0.506 e. The van der Waals surface area contributed by atoms with E-state index >= 15 is 0 Å². The smallest absolute Gasteiger partial charge is 0.274 e. The molecule has 1 aromatic heterocycles. The number of phenols is 1. The summed E-state index contributed by atoms with van der Waals surface area (Å²) in [5, 5.41) is 14.3. The highest BCUT2D eigenvalue weighted by Gasteiger charge is 2.29. The molecule has 3 N–H and O–H groups in total. The number of morpholine rings is 1. The zero-order chi connectivity index (χ0) is 20.5. The Bertz CT molecular complexity index is 1030. The molecule has 1 unspecified atom stereocenters. The van der Waals surface area contributed by atoms with Gasteiger partial charge in [0.2, 0.25) is 11.2 Å². The van der Waals surface area contributed by atoms with E-state index in [0.717, 1.165) is 32.8 Å². The molecule has 0 radical (unpaired) electrons. The molecule has 2 fully saturated rings. The van der Waals surface area contributed by atoms with Crippen molar-refractivity contribution in [1.29, 1.82) is 0 Å². The Morgan fingerprint density at radius 1 is 1.24 bits per heavy atom. The van der Waals surface area contributed by atoms with Crippen LogP contribution < -0.4 is 19.9 Å². The molecular formula is C18H23N5O5S. The molecule has 3 heterocycles. The minimum absolute atomic E-state index is 0.109. The Labute approximate surface area is 169 Å². The number of amides is 1. The van der Waals surface area contributed by atoms with Gasteiger partial charge in [0, 0.05) is 44.7 Å². The summed E-state index contributed by atoms with van der Waals surface area (Å²) in [4.78, 5) is 26.5. The fourth-order valence-electron chi connectivity index (χ4n) is 3.54. The van der Waals surface area contributed by atoms with Crippen LogP contribution in [0.2, 0.25) is 0 Å². The lowest BCUT2D eigenvalue weighted by Gasteiger charge is -2.26. The molecule has 10 nitrogen and oxygen atoms in total. The van der Waals surface area contributed by atoms with Crippen molar-refractivity contribution in [2.45, 2.75) is 0 Å². The molecule has 156 valence electrons. The van der Waals surface area contributed by atoms with Gasteiger partial charge < -0.3 is 19.7 Å². The van der Waals surface area contributed by atoms with E-state index in [4.69, 9.17) is 4.74 Å². The van der Waals surface area contributed by atoms with Gasteiger partial charge in [-0.15, -0.1) is 0 Å². The van der Waals surface area contributed by atoms with E-state index in [1.54, 1.807) is 19.2 Å². The normalized spacial score (nSPS) is 20.2. The first-order chi connectivity index (χ1) is 13.9. The third kappa shape index (κ3) is 3.93. The maximum atomic E-state index is 12.7. The maximum absolute atomic E-state index is 12.7. The number of aromatic hydroxyl groups is 1. The zero-order valence-corrected chi connectivity index (χ0v) is 16.8. The Morgan fingerprint density at radius 3 is 2.69 bits per heavy atom. The van der Waals surface area contributed by atoms with Gasteiger partial charge in [-0.2, -0.15) is 0 Å². The summed E-state index contributed by atoms with van der Waals surface area (Å²) in [6, 6.07) is 4.80. The predicted molar refractivity (Wildman–Crippen MR) is 110 cm³/mol. The molecule has 4 rings (SSSR count). The molecule has 0 spiro atoms. The van der Waals surface area contributed by atoms with Crippen molar-refractivity contribution in [3.63, 3.8) is 0 Å². The molecule has 0 saturated carbocycles. The van der Waals surface area contributed by atoms with E-state index in [1.807, 2.05) is 0 Å². The Hall–Kier alpha value is -2.63. The van der Waals surface area contributed by atoms with Crippen molar-refractivity contribution < 1.29 is 18.8 Å². The number of rotatable bonds is 5. The maximum Gasteiger partial charge on any atom is 0.274 e. The lowest BCUT2D eigenvalue weighted by Crippen LogP contribution is -2.39. The summed E-state index contributed by atoms with van der Waals surface area (Å²) < 4.78 is 22.4. The highest BCUT2D eigenvalue weighted by Crippen LogP contribution is 2.34. The topological polar surface area (TPSA) is 116 Å². The minimum atomic E-state index is -1.74. The lowest BCUT2D eigenvalue weighted by molar-refractivity contribution is -0.117. The molecular weight excluding hydrogens is 398 g/mol. The first-order valence-electron chi connectivity index (χ1n) is 9.33. The van der Waals surface area contributed by atoms with Gasteiger partial charge in [0.25, 0.3) is 11.5 Å². The van der Waals surface area contributed by atoms with Gasteiger partial charge in [-0.3, -0.25) is 23.5 Å². The molecule has 11 heteroatoms. The van der Waals surface area contributed by atoms with Crippen molar-refractivity contribution in [1.82, 2.24) is 14.2 Å². The van der Waals surface area contributed by atoms with E-state index in [0.29, 0.717) is 23.1 Å². The van der Waals surface area contributed by atoms with Crippen LogP contribution >= 0.6 is 0 Å². The highest BCUT2D eigenvalue weighted by molar-refractivity contribution is 7.85. The number of aryl methyl sites for hydroxylation is 1. The van der Waals surface area contributed by atoms with Crippen molar-refractivity contribution in [3.8, 4) is 5.75 Å². The first kappa shape index (κ1) is 19.7. The summed E-state index contributed by atoms with van der Waals surface area (Å²) >= 11 is -1.74. The third-order valence-corrected chi connectivity index (χ3v) is 6.25. The average Bonchev–Trinajstić information content (AvgIpc) is 3.04. The van der Waals surface area contributed by atoms with Gasteiger partial charge in [0.05, 0.1) is 24.4 Å². The van der Waals surface area contributed by atoms with Crippen LogP contribution in [0, 0.1) is 0 Å². The van der Waals surface area contributed by atoms with Crippen molar-refractivity contribution >= 4 is 39.4 Å². The Morgan fingerprint density at radius 2 is 2.00 bits per heavy atom. The number of nitrogens with zero attached hydrogens (tertiary/aromatic N) is 3. The largest absolute Gasteiger partial charge is 0.506 e. The molecule has 1 atom stereocenters. The number of hydrogen-bond acceptors (Lipinski definition) is 7. The van der Waals surface area contributed by atoms with Crippen LogP contribution in [0.5, 0.6) is 5.75 Å². The number of pyridine rings is 1. The Balaban J connectivity index is 1.61. The van der Waals surface area contributed by atoms with Crippen LogP contribution in [0.15, 0.2) is 23.0 Å². The van der Waals surface area contributed by atoms with Crippen molar-refractivity contribution in [3.05, 3.63) is 28.6 Å². The number of aromatic nitrogens is 1. The number of anilines is 2. The second-order valence-electron chi connectivity index (χ2n) is 7.01. The molecule has 29 heavy (non-hydrogen) atoms. The van der Waals surface area contributed by atoms with E-state index in [9.17, 15) is 18.9 Å². The monoisotopic (exact) mass is 421 g/mol. The number of fused-ring (bicyclic) bond motifs is 1. The van der Waals surface area contributed by atoms with Crippen LogP contribution in [-0.4, -0.2) is 70.6 Å². The number of hydrogen-bond donors (Lipinski definition) is 3. The SMILES string of the molecule is Cn1c(=O)c(NCCN2CCOCC2)cc2cc(N3CC(=O)NS3=O)c(O)cc21. The lowest BCUT2D eigenvalue weighted by atomic mass is 10.1. The molecule has 0 aliphatic carbocycles. The van der Waals surface area contributed by atoms with Gasteiger partial charge in [-0.1, -0.05) is 0 Å². The molecule has 1 aromatic carbocycles. The summed E-state index contributed by atoms with van der Waals surface area (Å²) in [6.07, 6.45) is 0. The number of phenolic OH excluding ortho intramolecular Hbond substituents is 1. The van der Waals surface area contributed by atoms with Crippen LogP contribution in [0.4, 0.5) is 11.4 Å². The fraction of sp³-hybridized carbons (Fsp3) is 0.444. The van der Waals surface area contributed by atoms with E-state index < -0.39 is 11.2 Å². The molecule has 1 amide bonds. The predicted octanol–water partition coefficient (Wildman–Crippen LogP) is -0.497. The van der Waals surface area contributed by atoms with Gasteiger partial charge in [-0.05, 0) is 12.1 Å². The van der Waals surface area contributed by atoms with E-state index in [-0.39, 0.29) is 29.4 Å². The van der Waals surface area contributed by atoms with Gasteiger partial charge in [0.15, 0.2) is 0 Å². The summed E-state index contributed by atoms with van der Waals surface area (Å²) in [5.74, 6) is -0.529. The fourth-order valence-corrected chi connectivity index (χ4v) is 4.47. The second kappa shape index (κ2) is 8.01. The van der Waals surface area contributed by atoms with E-state index in [1.165, 1.54) is 14.9 Å². The van der Waals surface area contributed by atoms with Crippen molar-refractivity contribution in [2.24, 2.45) is 7.05 Å². The second-order valence-corrected chi connectivity index (χ2v) is 8.16. The number of nitrogens with one attached hydrogen (secondary N) is 2. The van der Waals surface area contributed by atoms with E-state index in [2.05, 4.69) is 14.9 Å². The standard InChI is InChI=1S/C18H23N5O5S/c1-21-14-10-16(24)15(23-11-17(25)20-29(23)27)9-12(14)8-13(18(21)26)19-2-3-22-4-6-28-7-5-22/h8-10,19,24H,2-7,11H2,1H3,(H,20,25). The van der Waals surface area contributed by atoms with Crippen LogP contribution in [0.25, 0.3) is 10.9 Å². The number of carbonyl (C=O) groups is 1. The van der Waals surface area contributed by atoms with Crippen molar-refractivity contribution in [2.75, 3.05) is 55.6 Å². The average molecular weight is 421 g/mol. The number of ether oxygens (including phenoxy) is 1. The third-order valence-electron chi connectivity index (χ3n) is 5.12. The quantitative estimate of drug-likeness (QED) is 0.596. The molecule has 2 saturated heterocycles. The van der Waals surface area contributed by atoms with Gasteiger partial charge >= 0.3 is 0 Å². The van der Waals surface area contributed by atoms with Crippen LogP contribution in [0.3, 0.4) is 0 Å². The highest BCUT2D eigenvalue weighted by atomic mass is 32.2. The number of benzene rings is 1. The van der Waals surface area contributed by atoms with Gasteiger partial charge in [-0.25, -0.2) is 4.21 Å². The molecule has 2 aliphatic rings. The summed E-state index contributed by atoms with van der Waals surface area (Å²) in [5.41, 5.74) is 1.06. The molecule has 2 aliphatic heterocycles. The zero-order valence-electron chi connectivity index (χ0n) is 16.0. The first-order valence-corrected chi connectivity index (χ1v) is 10.4. The van der Waals surface area contributed by atoms with Crippen LogP contribution in [0.1, 0.15) is 0 Å². The molecule has 2 aromatic rings. The molecule has 0 bridgehead atoms. The van der Waals surface area contributed by atoms with Gasteiger partial charge in [0.1, 0.15) is 18.0 Å².